The maximum absolute atomic E-state index is 13.6. The van der Waals surface area contributed by atoms with E-state index < -0.39 is 28.9 Å². The summed E-state index contributed by atoms with van der Waals surface area (Å²) in [6.45, 7) is 7.73. The van der Waals surface area contributed by atoms with Crippen molar-refractivity contribution >= 4 is 0 Å². The largest absolute Gasteiger partial charge is 0.489 e. The smallest absolute Gasteiger partial charge is 0.411 e. The van der Waals surface area contributed by atoms with E-state index in [1.54, 1.807) is 6.92 Å². The lowest BCUT2D eigenvalue weighted by molar-refractivity contribution is -0.288. The highest BCUT2D eigenvalue weighted by Crippen LogP contribution is 2.56. The molecule has 0 atom stereocenters. The summed E-state index contributed by atoms with van der Waals surface area (Å²) in [6.07, 6.45) is -11.1. The van der Waals surface area contributed by atoms with Crippen LogP contribution in [0.2, 0.25) is 0 Å². The van der Waals surface area contributed by atoms with Crippen LogP contribution in [0.3, 0.4) is 0 Å². The standard InChI is InChI=1S/C16H12F6.C15H16O.C14H14O/c1-11-7-9-13(10-8-11)14(15(17,18)19,16(20,21)22)12-5-3-2-4-6-12;1-13-7-9-15(10-8-13)12-16-11-14-5-3-2-4-6-14;1-12-7-9-14(10-8-12)15-11-13-5-3-2-4-6-13/h2-10H,1H3;2-10H,11-12H2,1H3;2-10H,11H2,1H3. The minimum absolute atomic E-state index is 0.579. The molecule has 0 spiro atoms. The van der Waals surface area contributed by atoms with Crippen LogP contribution < -0.4 is 4.74 Å². The summed E-state index contributed by atoms with van der Waals surface area (Å²) >= 11 is 0. The van der Waals surface area contributed by atoms with Crippen molar-refractivity contribution < 1.29 is 35.8 Å². The van der Waals surface area contributed by atoms with E-state index in [9.17, 15) is 26.3 Å². The maximum Gasteiger partial charge on any atom is 0.411 e. The molecule has 0 saturated heterocycles. The normalized spacial score (nSPS) is 11.4. The fourth-order valence-electron chi connectivity index (χ4n) is 5.39. The summed E-state index contributed by atoms with van der Waals surface area (Å²) in [5, 5.41) is 0. The lowest BCUT2D eigenvalue weighted by Crippen LogP contribution is -2.54. The van der Waals surface area contributed by atoms with Gasteiger partial charge in [0.15, 0.2) is 0 Å². The minimum Gasteiger partial charge on any atom is -0.489 e. The molecule has 276 valence electrons. The Morgan fingerprint density at radius 2 is 0.717 bits per heavy atom. The average molecular weight is 729 g/mol. The van der Waals surface area contributed by atoms with Crippen LogP contribution in [-0.2, 0) is 30.0 Å². The van der Waals surface area contributed by atoms with Gasteiger partial charge in [0.2, 0.25) is 5.41 Å². The van der Waals surface area contributed by atoms with Gasteiger partial charge in [0.25, 0.3) is 0 Å². The molecule has 0 saturated carbocycles. The third kappa shape index (κ3) is 11.6. The number of benzene rings is 6. The lowest BCUT2D eigenvalue weighted by Gasteiger charge is -2.38. The molecule has 6 rings (SSSR count). The Labute approximate surface area is 307 Å². The van der Waals surface area contributed by atoms with Gasteiger partial charge in [0.1, 0.15) is 12.4 Å². The Kier molecular flexibility index (Phi) is 14.5. The van der Waals surface area contributed by atoms with E-state index in [1.807, 2.05) is 48.5 Å². The second-order valence-corrected chi connectivity index (χ2v) is 12.5. The molecule has 0 fully saturated rings. The molecule has 0 aliphatic heterocycles. The van der Waals surface area contributed by atoms with Gasteiger partial charge in [-0.15, -0.1) is 0 Å². The summed E-state index contributed by atoms with van der Waals surface area (Å²) in [7, 11) is 0. The molecule has 0 aromatic heterocycles. The Morgan fingerprint density at radius 3 is 1.15 bits per heavy atom. The first-order valence-corrected chi connectivity index (χ1v) is 17.0. The fraction of sp³-hybridized carbons (Fsp3) is 0.200. The fourth-order valence-corrected chi connectivity index (χ4v) is 5.39. The molecule has 0 bridgehead atoms. The van der Waals surface area contributed by atoms with Crippen molar-refractivity contribution in [2.45, 2.75) is 58.4 Å². The van der Waals surface area contributed by atoms with Gasteiger partial charge in [-0.1, -0.05) is 168 Å². The zero-order valence-electron chi connectivity index (χ0n) is 29.8. The number of aryl methyl sites for hydroxylation is 3. The predicted octanol–water partition coefficient (Wildman–Crippen LogP) is 12.7. The molecule has 8 heteroatoms. The van der Waals surface area contributed by atoms with E-state index >= 15 is 0 Å². The van der Waals surface area contributed by atoms with Crippen LogP contribution in [0, 0.1) is 20.8 Å². The number of alkyl halides is 6. The van der Waals surface area contributed by atoms with Gasteiger partial charge in [-0.3, -0.25) is 0 Å². The molecule has 2 nitrogen and oxygen atoms in total. The molecule has 6 aromatic rings. The molecule has 6 aromatic carbocycles. The highest BCUT2D eigenvalue weighted by molar-refractivity contribution is 5.44. The molecular formula is C45H42F6O2. The Bertz CT molecular complexity index is 1890. The molecule has 0 N–H and O–H groups in total. The molecule has 53 heavy (non-hydrogen) atoms. The Balaban J connectivity index is 0.000000182. The summed E-state index contributed by atoms with van der Waals surface area (Å²) in [6, 6.07) is 46.6. The second-order valence-electron chi connectivity index (χ2n) is 12.5. The van der Waals surface area contributed by atoms with Gasteiger partial charge < -0.3 is 9.47 Å². The van der Waals surface area contributed by atoms with Gasteiger partial charge in [0, 0.05) is 0 Å². The SMILES string of the molecule is Cc1ccc(C(c2ccccc2)(C(F)(F)F)C(F)(F)F)cc1.Cc1ccc(COCc2ccccc2)cc1.Cc1ccc(OCc2ccccc2)cc1. The van der Waals surface area contributed by atoms with Gasteiger partial charge in [-0.2, -0.15) is 26.3 Å². The Morgan fingerprint density at radius 1 is 0.377 bits per heavy atom. The van der Waals surface area contributed by atoms with Crippen molar-refractivity contribution in [1.29, 1.82) is 0 Å². The summed E-state index contributed by atoms with van der Waals surface area (Å²) in [4.78, 5) is 0. The van der Waals surface area contributed by atoms with E-state index in [1.165, 1.54) is 46.0 Å². The summed E-state index contributed by atoms with van der Waals surface area (Å²) < 4.78 is 93.0. The summed E-state index contributed by atoms with van der Waals surface area (Å²) in [5.41, 5.74) is 1.01. The van der Waals surface area contributed by atoms with E-state index in [-0.39, 0.29) is 0 Å². The first kappa shape index (κ1) is 40.4. The number of ether oxygens (including phenoxy) is 2. The van der Waals surface area contributed by atoms with Crippen molar-refractivity contribution in [3.8, 4) is 5.75 Å². The van der Waals surface area contributed by atoms with Gasteiger partial charge >= 0.3 is 12.4 Å². The van der Waals surface area contributed by atoms with Crippen molar-refractivity contribution in [3.05, 3.63) is 208 Å². The first-order valence-electron chi connectivity index (χ1n) is 17.0. The number of hydrogen-bond donors (Lipinski definition) is 0. The van der Waals surface area contributed by atoms with Gasteiger partial charge in [0.05, 0.1) is 13.2 Å². The van der Waals surface area contributed by atoms with Gasteiger partial charge in [-0.25, -0.2) is 0 Å². The molecule has 0 aliphatic rings. The quantitative estimate of drug-likeness (QED) is 0.138. The van der Waals surface area contributed by atoms with Crippen LogP contribution in [0.4, 0.5) is 26.3 Å². The van der Waals surface area contributed by atoms with Crippen LogP contribution >= 0.6 is 0 Å². The van der Waals surface area contributed by atoms with Crippen LogP contribution in [0.15, 0.2) is 164 Å². The average Bonchev–Trinajstić information content (AvgIpc) is 3.14. The molecule has 0 heterocycles. The minimum atomic E-state index is -5.53. The number of hydrogen-bond acceptors (Lipinski definition) is 2. The molecular weight excluding hydrogens is 686 g/mol. The molecule has 0 unspecified atom stereocenters. The Hall–Kier alpha value is -5.34. The van der Waals surface area contributed by atoms with Crippen molar-refractivity contribution in [3.63, 3.8) is 0 Å². The number of halogens is 6. The van der Waals surface area contributed by atoms with Crippen LogP contribution in [0.5, 0.6) is 5.75 Å². The predicted molar refractivity (Wildman–Crippen MR) is 199 cm³/mol. The zero-order chi connectivity index (χ0) is 38.3. The van der Waals surface area contributed by atoms with E-state index in [4.69, 9.17) is 9.47 Å². The molecule has 0 amide bonds. The monoisotopic (exact) mass is 728 g/mol. The van der Waals surface area contributed by atoms with Crippen molar-refractivity contribution in [2.24, 2.45) is 0 Å². The van der Waals surface area contributed by atoms with Crippen LogP contribution in [0.1, 0.15) is 44.5 Å². The third-order valence-corrected chi connectivity index (χ3v) is 8.31. The second kappa shape index (κ2) is 18.9. The van der Waals surface area contributed by atoms with E-state index in [2.05, 4.69) is 74.5 Å². The van der Waals surface area contributed by atoms with E-state index in [0.29, 0.717) is 25.4 Å². The van der Waals surface area contributed by atoms with Crippen molar-refractivity contribution in [2.75, 3.05) is 0 Å². The third-order valence-electron chi connectivity index (χ3n) is 8.31. The van der Waals surface area contributed by atoms with Crippen LogP contribution in [0.25, 0.3) is 0 Å². The lowest BCUT2D eigenvalue weighted by atomic mass is 9.73. The molecule has 0 aliphatic carbocycles. The highest BCUT2D eigenvalue weighted by atomic mass is 19.4. The van der Waals surface area contributed by atoms with Gasteiger partial charge in [-0.05, 0) is 60.7 Å². The zero-order valence-corrected chi connectivity index (χ0v) is 29.8. The van der Waals surface area contributed by atoms with Crippen LogP contribution in [-0.4, -0.2) is 12.4 Å². The highest BCUT2D eigenvalue weighted by Gasteiger charge is 2.72. The van der Waals surface area contributed by atoms with Crippen molar-refractivity contribution in [1.82, 2.24) is 0 Å². The molecule has 0 radical (unpaired) electrons. The topological polar surface area (TPSA) is 18.5 Å². The first-order chi connectivity index (χ1) is 25.3. The summed E-state index contributed by atoms with van der Waals surface area (Å²) in [5.74, 6) is 0.921. The van der Waals surface area contributed by atoms with E-state index in [0.717, 1.165) is 42.1 Å². The number of rotatable bonds is 9. The maximum atomic E-state index is 13.6.